The first-order valence-corrected chi connectivity index (χ1v) is 6.93. The third-order valence-corrected chi connectivity index (χ3v) is 5.71. The maximum Gasteiger partial charge on any atom is 0.163 e. The molecule has 2 unspecified atom stereocenters. The highest BCUT2D eigenvalue weighted by molar-refractivity contribution is 7.98. The number of allylic oxidation sites excluding steroid dienone is 1. The minimum absolute atomic E-state index is 0.439. The molecular formula is C14H15S+. The summed E-state index contributed by atoms with van der Waals surface area (Å²) in [4.78, 5) is 1.58. The number of benzene rings is 1. The van der Waals surface area contributed by atoms with Crippen LogP contribution in [-0.4, -0.2) is 11.0 Å². The molecule has 2 aliphatic rings. The zero-order chi connectivity index (χ0) is 10.3. The van der Waals surface area contributed by atoms with E-state index in [1.807, 2.05) is 0 Å². The predicted molar refractivity (Wildman–Crippen MR) is 68.1 cm³/mol. The van der Waals surface area contributed by atoms with E-state index in [1.54, 1.807) is 10.5 Å². The summed E-state index contributed by atoms with van der Waals surface area (Å²) in [6, 6.07) is 8.86. The molecule has 2 atom stereocenters. The van der Waals surface area contributed by atoms with Crippen LogP contribution in [0.2, 0.25) is 0 Å². The molecule has 0 aliphatic carbocycles. The van der Waals surface area contributed by atoms with Crippen molar-refractivity contribution in [2.75, 3.05) is 5.75 Å². The molecule has 76 valence electrons. The van der Waals surface area contributed by atoms with Gasteiger partial charge in [-0.05, 0) is 37.3 Å². The van der Waals surface area contributed by atoms with E-state index in [2.05, 4.69) is 49.4 Å². The summed E-state index contributed by atoms with van der Waals surface area (Å²) in [5, 5.41) is 0.768. The molecule has 0 fully saturated rings. The molecule has 0 nitrogen and oxygen atoms in total. The van der Waals surface area contributed by atoms with Gasteiger partial charge in [-0.15, -0.1) is 0 Å². The molecule has 0 amide bonds. The molecule has 15 heavy (non-hydrogen) atoms. The Hall–Kier alpha value is -0.950. The molecule has 0 saturated carbocycles. The fourth-order valence-corrected chi connectivity index (χ4v) is 4.98. The second kappa shape index (κ2) is 3.57. The molecular weight excluding hydrogens is 200 g/mol. The highest BCUT2D eigenvalue weighted by Gasteiger charge is 2.36. The van der Waals surface area contributed by atoms with Crippen molar-refractivity contribution < 1.29 is 0 Å². The molecule has 1 aromatic carbocycles. The lowest BCUT2D eigenvalue weighted by Gasteiger charge is -2.24. The standard InChI is InChI=1S/C14H15S/c1-11-8-9-15-13(10-11)7-6-12-4-2-3-5-14(12)15/h2-8,13H,9-10H2,1H3/q+1. The van der Waals surface area contributed by atoms with Crippen LogP contribution < -0.4 is 0 Å². The SMILES string of the molecule is CC1=CC[S+]2c3ccccc3C=CC2C1. The van der Waals surface area contributed by atoms with Gasteiger partial charge in [0.15, 0.2) is 4.90 Å². The van der Waals surface area contributed by atoms with Gasteiger partial charge in [-0.1, -0.05) is 17.7 Å². The molecule has 0 saturated heterocycles. The smallest absolute Gasteiger partial charge is 0.0674 e. The lowest BCUT2D eigenvalue weighted by molar-refractivity contribution is 0.959. The molecule has 0 N–H and O–H groups in total. The second-order valence-electron chi connectivity index (χ2n) is 4.29. The predicted octanol–water partition coefficient (Wildman–Crippen LogP) is 3.41. The summed E-state index contributed by atoms with van der Waals surface area (Å²) in [6.07, 6.45) is 8.41. The summed E-state index contributed by atoms with van der Waals surface area (Å²) < 4.78 is 0. The topological polar surface area (TPSA) is 0 Å². The van der Waals surface area contributed by atoms with Crippen molar-refractivity contribution >= 4 is 17.0 Å². The normalized spacial score (nSPS) is 27.9. The number of hydrogen-bond acceptors (Lipinski definition) is 0. The van der Waals surface area contributed by atoms with Gasteiger partial charge >= 0.3 is 0 Å². The van der Waals surface area contributed by atoms with Crippen molar-refractivity contribution in [1.29, 1.82) is 0 Å². The summed E-state index contributed by atoms with van der Waals surface area (Å²) in [7, 11) is 0.439. The molecule has 0 bridgehead atoms. The third kappa shape index (κ3) is 1.55. The number of rotatable bonds is 0. The van der Waals surface area contributed by atoms with Gasteiger partial charge in [-0.2, -0.15) is 0 Å². The van der Waals surface area contributed by atoms with Crippen LogP contribution in [0.1, 0.15) is 18.9 Å². The van der Waals surface area contributed by atoms with Gasteiger partial charge in [-0.25, -0.2) is 0 Å². The Morgan fingerprint density at radius 1 is 1.27 bits per heavy atom. The van der Waals surface area contributed by atoms with Crippen molar-refractivity contribution in [2.45, 2.75) is 23.5 Å². The zero-order valence-corrected chi connectivity index (χ0v) is 9.76. The van der Waals surface area contributed by atoms with E-state index >= 15 is 0 Å². The Morgan fingerprint density at radius 2 is 2.13 bits per heavy atom. The van der Waals surface area contributed by atoms with Gasteiger partial charge in [0.25, 0.3) is 0 Å². The van der Waals surface area contributed by atoms with Crippen LogP contribution in [-0.2, 0) is 10.9 Å². The molecule has 1 heteroatoms. The van der Waals surface area contributed by atoms with Gasteiger partial charge in [0.1, 0.15) is 11.0 Å². The lowest BCUT2D eigenvalue weighted by Crippen LogP contribution is -2.28. The summed E-state index contributed by atoms with van der Waals surface area (Å²) in [5.41, 5.74) is 3.00. The van der Waals surface area contributed by atoms with E-state index < -0.39 is 0 Å². The molecule has 0 spiro atoms. The molecule has 2 heterocycles. The van der Waals surface area contributed by atoms with Crippen molar-refractivity contribution in [3.05, 3.63) is 47.6 Å². The van der Waals surface area contributed by atoms with Crippen molar-refractivity contribution in [3.63, 3.8) is 0 Å². The summed E-state index contributed by atoms with van der Waals surface area (Å²) >= 11 is 0. The monoisotopic (exact) mass is 215 g/mol. The zero-order valence-electron chi connectivity index (χ0n) is 8.94. The molecule has 2 aliphatic heterocycles. The first-order valence-electron chi connectivity index (χ1n) is 5.47. The van der Waals surface area contributed by atoms with E-state index in [-0.39, 0.29) is 0 Å². The summed E-state index contributed by atoms with van der Waals surface area (Å²) in [5.74, 6) is 1.25. The van der Waals surface area contributed by atoms with Crippen molar-refractivity contribution in [1.82, 2.24) is 0 Å². The fraction of sp³-hybridized carbons (Fsp3) is 0.286. The van der Waals surface area contributed by atoms with Crippen LogP contribution in [0.15, 0.2) is 46.9 Å². The highest BCUT2D eigenvalue weighted by Crippen LogP contribution is 2.35. The molecule has 3 rings (SSSR count). The number of hydrogen-bond donors (Lipinski definition) is 0. The van der Waals surface area contributed by atoms with E-state index in [0.717, 1.165) is 5.25 Å². The van der Waals surface area contributed by atoms with E-state index in [1.165, 1.54) is 17.7 Å². The van der Waals surface area contributed by atoms with Gasteiger partial charge < -0.3 is 0 Å². The minimum atomic E-state index is 0.439. The average Bonchev–Trinajstić information content (AvgIpc) is 2.28. The van der Waals surface area contributed by atoms with Gasteiger partial charge in [-0.3, -0.25) is 0 Å². The van der Waals surface area contributed by atoms with Gasteiger partial charge in [0.2, 0.25) is 0 Å². The van der Waals surface area contributed by atoms with Gasteiger partial charge in [0.05, 0.1) is 0 Å². The van der Waals surface area contributed by atoms with Crippen LogP contribution in [0.25, 0.3) is 6.08 Å². The van der Waals surface area contributed by atoms with E-state index in [0.29, 0.717) is 10.9 Å². The summed E-state index contributed by atoms with van der Waals surface area (Å²) in [6.45, 7) is 2.26. The van der Waals surface area contributed by atoms with Crippen molar-refractivity contribution in [3.8, 4) is 0 Å². The Labute approximate surface area is 94.1 Å². The van der Waals surface area contributed by atoms with Crippen LogP contribution in [0.5, 0.6) is 0 Å². The second-order valence-corrected chi connectivity index (χ2v) is 6.52. The molecule has 0 radical (unpaired) electrons. The Balaban J connectivity index is 2.05. The first-order chi connectivity index (χ1) is 7.34. The molecule has 0 aromatic heterocycles. The highest BCUT2D eigenvalue weighted by atomic mass is 32.2. The van der Waals surface area contributed by atoms with Gasteiger partial charge in [0, 0.05) is 22.9 Å². The third-order valence-electron chi connectivity index (χ3n) is 3.19. The Kier molecular flexibility index (Phi) is 2.21. The largest absolute Gasteiger partial charge is 0.163 e. The minimum Gasteiger partial charge on any atom is -0.0674 e. The Morgan fingerprint density at radius 3 is 3.07 bits per heavy atom. The fourth-order valence-electron chi connectivity index (χ4n) is 2.34. The lowest BCUT2D eigenvalue weighted by atomic mass is 10.1. The maximum absolute atomic E-state index is 2.43. The Bertz CT molecular complexity index is 442. The van der Waals surface area contributed by atoms with E-state index in [4.69, 9.17) is 0 Å². The average molecular weight is 215 g/mol. The maximum atomic E-state index is 2.43. The first kappa shape index (κ1) is 9.29. The number of fused-ring (bicyclic) bond motifs is 3. The van der Waals surface area contributed by atoms with Crippen LogP contribution >= 0.6 is 0 Å². The van der Waals surface area contributed by atoms with Crippen LogP contribution in [0.3, 0.4) is 0 Å². The quantitative estimate of drug-likeness (QED) is 0.459. The van der Waals surface area contributed by atoms with E-state index in [9.17, 15) is 0 Å². The van der Waals surface area contributed by atoms with Crippen LogP contribution in [0.4, 0.5) is 0 Å². The van der Waals surface area contributed by atoms with Crippen molar-refractivity contribution in [2.24, 2.45) is 0 Å². The van der Waals surface area contributed by atoms with Crippen LogP contribution in [0, 0.1) is 0 Å². The molecule has 1 aromatic rings.